The first-order valence-electron chi connectivity index (χ1n) is 5.62. The summed E-state index contributed by atoms with van der Waals surface area (Å²) in [6.45, 7) is 5.11. The van der Waals surface area contributed by atoms with Crippen molar-refractivity contribution in [2.45, 2.75) is 58.0 Å². The van der Waals surface area contributed by atoms with Gasteiger partial charge in [-0.3, -0.25) is 9.69 Å². The summed E-state index contributed by atoms with van der Waals surface area (Å²) in [5, 5.41) is 8.65. The van der Waals surface area contributed by atoms with Gasteiger partial charge < -0.3 is 5.11 Å². The Morgan fingerprint density at radius 3 is 2.64 bits per heavy atom. The van der Waals surface area contributed by atoms with E-state index in [-0.39, 0.29) is 6.42 Å². The fourth-order valence-corrected chi connectivity index (χ4v) is 1.98. The number of nitrogens with zero attached hydrogens (tertiary/aromatic N) is 1. The fourth-order valence-electron chi connectivity index (χ4n) is 1.98. The van der Waals surface area contributed by atoms with Crippen LogP contribution in [-0.4, -0.2) is 34.6 Å². The van der Waals surface area contributed by atoms with Crippen LogP contribution in [0.3, 0.4) is 0 Å². The third-order valence-electron chi connectivity index (χ3n) is 2.87. The minimum Gasteiger partial charge on any atom is -0.481 e. The summed E-state index contributed by atoms with van der Waals surface area (Å²) in [7, 11) is 0. The van der Waals surface area contributed by atoms with E-state index in [4.69, 9.17) is 5.11 Å². The predicted octanol–water partition coefficient (Wildman–Crippen LogP) is 2.11. The van der Waals surface area contributed by atoms with Gasteiger partial charge in [0.25, 0.3) is 0 Å². The van der Waals surface area contributed by atoms with Crippen LogP contribution in [0.15, 0.2) is 0 Å². The van der Waals surface area contributed by atoms with Crippen LogP contribution in [-0.2, 0) is 4.79 Å². The van der Waals surface area contributed by atoms with Crippen LogP contribution in [0, 0.1) is 0 Å². The maximum Gasteiger partial charge on any atom is 0.304 e. The van der Waals surface area contributed by atoms with Gasteiger partial charge in [-0.25, -0.2) is 0 Å². The Bertz CT molecular complexity index is 190. The van der Waals surface area contributed by atoms with E-state index in [1.165, 1.54) is 25.7 Å². The molecule has 1 fully saturated rings. The second-order valence-corrected chi connectivity index (χ2v) is 4.25. The van der Waals surface area contributed by atoms with Crippen molar-refractivity contribution in [3.8, 4) is 0 Å². The van der Waals surface area contributed by atoms with Gasteiger partial charge in [-0.2, -0.15) is 0 Å². The molecule has 14 heavy (non-hydrogen) atoms. The Balaban J connectivity index is 2.33. The molecule has 0 bridgehead atoms. The van der Waals surface area contributed by atoms with Crippen molar-refractivity contribution < 1.29 is 9.90 Å². The van der Waals surface area contributed by atoms with Gasteiger partial charge >= 0.3 is 5.97 Å². The van der Waals surface area contributed by atoms with Gasteiger partial charge in [-0.05, 0) is 26.2 Å². The molecule has 0 aromatic heterocycles. The quantitative estimate of drug-likeness (QED) is 0.682. The molecule has 1 saturated carbocycles. The predicted molar refractivity (Wildman–Crippen MR) is 56.4 cm³/mol. The second-order valence-electron chi connectivity index (χ2n) is 4.25. The molecule has 1 aliphatic rings. The van der Waals surface area contributed by atoms with Crippen LogP contribution >= 0.6 is 0 Å². The zero-order valence-electron chi connectivity index (χ0n) is 9.20. The number of aliphatic carboxylic acids is 1. The largest absolute Gasteiger partial charge is 0.481 e. The Labute approximate surface area is 86.1 Å². The Kier molecular flexibility index (Phi) is 4.39. The summed E-state index contributed by atoms with van der Waals surface area (Å²) < 4.78 is 0. The third-order valence-corrected chi connectivity index (χ3v) is 2.87. The first kappa shape index (κ1) is 11.5. The van der Waals surface area contributed by atoms with E-state index in [0.29, 0.717) is 12.1 Å². The summed E-state index contributed by atoms with van der Waals surface area (Å²) in [5.41, 5.74) is 0. The fraction of sp³-hybridized carbons (Fsp3) is 0.909. The monoisotopic (exact) mass is 199 g/mol. The van der Waals surface area contributed by atoms with E-state index in [0.717, 1.165) is 6.54 Å². The molecular weight excluding hydrogens is 178 g/mol. The maximum atomic E-state index is 10.5. The first-order valence-corrected chi connectivity index (χ1v) is 5.62. The Morgan fingerprint density at radius 2 is 2.21 bits per heavy atom. The molecule has 0 amide bonds. The molecule has 1 atom stereocenters. The van der Waals surface area contributed by atoms with E-state index in [9.17, 15) is 4.79 Å². The van der Waals surface area contributed by atoms with Crippen LogP contribution in [0.2, 0.25) is 0 Å². The first-order chi connectivity index (χ1) is 6.65. The molecule has 0 aliphatic heterocycles. The Hall–Kier alpha value is -0.570. The topological polar surface area (TPSA) is 40.5 Å². The van der Waals surface area contributed by atoms with Crippen LogP contribution in [0.25, 0.3) is 0 Å². The highest BCUT2D eigenvalue weighted by atomic mass is 16.4. The number of hydrogen-bond donors (Lipinski definition) is 1. The van der Waals surface area contributed by atoms with E-state index in [2.05, 4.69) is 18.7 Å². The van der Waals surface area contributed by atoms with Crippen LogP contribution in [0.4, 0.5) is 0 Å². The number of rotatable bonds is 7. The smallest absolute Gasteiger partial charge is 0.304 e. The van der Waals surface area contributed by atoms with E-state index in [1.807, 2.05) is 0 Å². The van der Waals surface area contributed by atoms with Crippen LogP contribution in [0.5, 0.6) is 0 Å². The maximum absolute atomic E-state index is 10.5. The Morgan fingerprint density at radius 1 is 1.57 bits per heavy atom. The molecule has 3 heteroatoms. The third kappa shape index (κ3) is 3.66. The van der Waals surface area contributed by atoms with Gasteiger partial charge in [0.05, 0.1) is 6.42 Å². The number of carboxylic acids is 1. The average Bonchev–Trinajstić information content (AvgIpc) is 2.88. The van der Waals surface area contributed by atoms with Crippen molar-refractivity contribution in [3.63, 3.8) is 0 Å². The van der Waals surface area contributed by atoms with E-state index in [1.54, 1.807) is 0 Å². The lowest BCUT2D eigenvalue weighted by atomic mass is 10.1. The van der Waals surface area contributed by atoms with Gasteiger partial charge in [-0.15, -0.1) is 0 Å². The highest BCUT2D eigenvalue weighted by Gasteiger charge is 2.31. The van der Waals surface area contributed by atoms with Gasteiger partial charge in [-0.1, -0.05) is 13.3 Å². The van der Waals surface area contributed by atoms with Gasteiger partial charge in [0.2, 0.25) is 0 Å². The molecule has 0 heterocycles. The van der Waals surface area contributed by atoms with E-state index >= 15 is 0 Å². The summed E-state index contributed by atoms with van der Waals surface area (Å²) in [5.74, 6) is -0.681. The molecule has 3 nitrogen and oxygen atoms in total. The van der Waals surface area contributed by atoms with Crippen molar-refractivity contribution in [2.75, 3.05) is 6.54 Å². The van der Waals surface area contributed by atoms with Crippen molar-refractivity contribution >= 4 is 5.97 Å². The van der Waals surface area contributed by atoms with Crippen LogP contribution in [0.1, 0.15) is 46.0 Å². The minimum absolute atomic E-state index is 0.282. The second kappa shape index (κ2) is 5.35. The molecule has 0 radical (unpaired) electrons. The molecule has 1 unspecified atom stereocenters. The highest BCUT2D eigenvalue weighted by molar-refractivity contribution is 5.66. The van der Waals surface area contributed by atoms with Crippen LogP contribution < -0.4 is 0 Å². The van der Waals surface area contributed by atoms with Gasteiger partial charge in [0.15, 0.2) is 0 Å². The minimum atomic E-state index is -0.681. The van der Waals surface area contributed by atoms with Gasteiger partial charge in [0.1, 0.15) is 0 Å². The van der Waals surface area contributed by atoms with Crippen molar-refractivity contribution in [1.29, 1.82) is 0 Å². The summed E-state index contributed by atoms with van der Waals surface area (Å²) >= 11 is 0. The van der Waals surface area contributed by atoms with Crippen molar-refractivity contribution in [1.82, 2.24) is 4.90 Å². The van der Waals surface area contributed by atoms with Crippen molar-refractivity contribution in [3.05, 3.63) is 0 Å². The summed E-state index contributed by atoms with van der Waals surface area (Å²) in [4.78, 5) is 12.9. The van der Waals surface area contributed by atoms with Gasteiger partial charge in [0, 0.05) is 18.6 Å². The molecule has 0 spiro atoms. The molecule has 0 aromatic rings. The zero-order valence-corrected chi connectivity index (χ0v) is 9.20. The molecule has 1 N–H and O–H groups in total. The summed E-state index contributed by atoms with van der Waals surface area (Å²) in [6, 6.07) is 1.22. The number of carbonyl (C=O) groups is 1. The standard InChI is InChI=1S/C11H21NO2/c1-3-4-9(2)12(10-5-6-10)8-7-11(13)14/h9-10H,3-8H2,1-2H3,(H,13,14). The normalized spacial score (nSPS) is 18.5. The van der Waals surface area contributed by atoms with E-state index < -0.39 is 5.97 Å². The molecule has 82 valence electrons. The lowest BCUT2D eigenvalue weighted by Crippen LogP contribution is -2.36. The molecule has 0 saturated heterocycles. The molecular formula is C11H21NO2. The molecule has 1 rings (SSSR count). The lowest BCUT2D eigenvalue weighted by Gasteiger charge is -2.28. The molecule has 0 aromatic carbocycles. The number of carboxylic acid groups (broad SMARTS) is 1. The molecule has 1 aliphatic carbocycles. The average molecular weight is 199 g/mol. The zero-order chi connectivity index (χ0) is 10.6. The lowest BCUT2D eigenvalue weighted by molar-refractivity contribution is -0.137. The van der Waals surface area contributed by atoms with Crippen molar-refractivity contribution in [2.24, 2.45) is 0 Å². The number of hydrogen-bond acceptors (Lipinski definition) is 2. The SMILES string of the molecule is CCCC(C)N(CCC(=O)O)C1CC1. The summed E-state index contributed by atoms with van der Waals surface area (Å²) in [6.07, 6.45) is 5.15. The highest BCUT2D eigenvalue weighted by Crippen LogP contribution is 2.29.